The van der Waals surface area contributed by atoms with Crippen molar-refractivity contribution in [1.29, 1.82) is 0 Å². The number of aromatic nitrogens is 2. The van der Waals surface area contributed by atoms with Crippen molar-refractivity contribution in [1.82, 2.24) is 19.4 Å². The van der Waals surface area contributed by atoms with Crippen molar-refractivity contribution in [3.05, 3.63) is 106 Å². The van der Waals surface area contributed by atoms with E-state index in [-0.39, 0.29) is 23.3 Å². The molecule has 2 atom stereocenters. The first-order valence-electron chi connectivity index (χ1n) is 13.8. The van der Waals surface area contributed by atoms with Crippen LogP contribution < -0.4 is 10.9 Å². The van der Waals surface area contributed by atoms with Crippen molar-refractivity contribution in [2.75, 3.05) is 13.1 Å². The first kappa shape index (κ1) is 24.7. The standard InChI is InChI=1S/C32H36N4O2/c1-22-7-6-10-29-31(22)25(20-35(29)19-23-8-4-3-5-9-23)21-36(26-11-12-26)32(38)28-18-33-15-13-27(28)24-14-16-34(2)30(37)17-24/h3-10,14,16-17,20,26-28,33H,11-13,15,18-19,21H2,1-2H3. The lowest BCUT2D eigenvalue weighted by molar-refractivity contribution is -0.138. The van der Waals surface area contributed by atoms with Gasteiger partial charge in [0.05, 0.1) is 5.92 Å². The molecular formula is C32H36N4O2. The summed E-state index contributed by atoms with van der Waals surface area (Å²) < 4.78 is 3.92. The largest absolute Gasteiger partial charge is 0.343 e. The summed E-state index contributed by atoms with van der Waals surface area (Å²) in [4.78, 5) is 28.8. The molecule has 2 unspecified atom stereocenters. The van der Waals surface area contributed by atoms with E-state index in [2.05, 4.69) is 70.4 Å². The molecule has 2 aromatic heterocycles. The Bertz CT molecular complexity index is 1520. The summed E-state index contributed by atoms with van der Waals surface area (Å²) >= 11 is 0. The molecule has 6 rings (SSSR count). The zero-order chi connectivity index (χ0) is 26.2. The summed E-state index contributed by atoms with van der Waals surface area (Å²) in [5.74, 6) is 0.0956. The molecule has 2 aliphatic rings. The zero-order valence-corrected chi connectivity index (χ0v) is 22.3. The number of benzene rings is 2. The first-order chi connectivity index (χ1) is 18.5. The van der Waals surface area contributed by atoms with Gasteiger partial charge in [-0.2, -0.15) is 0 Å². The number of nitrogens with one attached hydrogen (secondary N) is 1. The molecule has 1 saturated carbocycles. The van der Waals surface area contributed by atoms with Gasteiger partial charge in [0.1, 0.15) is 0 Å². The molecule has 6 heteroatoms. The maximum atomic E-state index is 14.2. The second-order valence-corrected chi connectivity index (χ2v) is 11.0. The number of pyridine rings is 1. The van der Waals surface area contributed by atoms with E-state index in [1.807, 2.05) is 18.3 Å². The van der Waals surface area contributed by atoms with Crippen molar-refractivity contribution in [3.63, 3.8) is 0 Å². The van der Waals surface area contributed by atoms with E-state index in [4.69, 9.17) is 0 Å². The average molecular weight is 509 g/mol. The van der Waals surface area contributed by atoms with Crippen LogP contribution in [0.5, 0.6) is 0 Å². The molecule has 0 bridgehead atoms. The lowest BCUT2D eigenvalue weighted by atomic mass is 9.80. The van der Waals surface area contributed by atoms with Gasteiger partial charge in [0.15, 0.2) is 0 Å². The SMILES string of the molecule is Cc1cccc2c1c(CN(C(=O)C1CNCCC1c1ccn(C)c(=O)c1)C1CC1)cn2Cc1ccccc1. The Morgan fingerprint density at radius 2 is 1.87 bits per heavy atom. The van der Waals surface area contributed by atoms with Crippen LogP contribution in [0.15, 0.2) is 77.9 Å². The van der Waals surface area contributed by atoms with Gasteiger partial charge in [0.2, 0.25) is 5.91 Å². The van der Waals surface area contributed by atoms with Crippen LogP contribution in [0.25, 0.3) is 10.9 Å². The molecule has 38 heavy (non-hydrogen) atoms. The number of piperidine rings is 1. The highest BCUT2D eigenvalue weighted by atomic mass is 16.2. The smallest absolute Gasteiger partial charge is 0.250 e. The second kappa shape index (κ2) is 10.3. The minimum Gasteiger partial charge on any atom is -0.343 e. The molecule has 196 valence electrons. The number of nitrogens with zero attached hydrogens (tertiary/aromatic N) is 3. The van der Waals surface area contributed by atoms with Crippen LogP contribution in [-0.4, -0.2) is 39.1 Å². The minimum atomic E-state index is -0.171. The Morgan fingerprint density at radius 1 is 1.05 bits per heavy atom. The van der Waals surface area contributed by atoms with Crippen LogP contribution in [0.3, 0.4) is 0 Å². The second-order valence-electron chi connectivity index (χ2n) is 11.0. The topological polar surface area (TPSA) is 59.3 Å². The Kier molecular flexibility index (Phi) is 6.66. The van der Waals surface area contributed by atoms with Gasteiger partial charge in [-0.3, -0.25) is 9.59 Å². The molecule has 0 radical (unpaired) electrons. The number of rotatable bonds is 7. The van der Waals surface area contributed by atoms with Crippen LogP contribution in [0.1, 0.15) is 47.4 Å². The highest BCUT2D eigenvalue weighted by Gasteiger charge is 2.40. The molecule has 2 aromatic carbocycles. The van der Waals surface area contributed by atoms with Gasteiger partial charge in [0.25, 0.3) is 5.56 Å². The van der Waals surface area contributed by atoms with Crippen molar-refractivity contribution in [3.8, 4) is 0 Å². The van der Waals surface area contributed by atoms with Crippen LogP contribution in [0, 0.1) is 12.8 Å². The van der Waals surface area contributed by atoms with Gasteiger partial charge in [-0.15, -0.1) is 0 Å². The Balaban J connectivity index is 1.33. The van der Waals surface area contributed by atoms with E-state index in [1.165, 1.54) is 27.6 Å². The molecule has 1 saturated heterocycles. The summed E-state index contributed by atoms with van der Waals surface area (Å²) in [7, 11) is 1.77. The zero-order valence-electron chi connectivity index (χ0n) is 22.3. The number of fused-ring (bicyclic) bond motifs is 1. The lowest BCUT2D eigenvalue weighted by Gasteiger charge is -2.35. The van der Waals surface area contributed by atoms with E-state index < -0.39 is 0 Å². The van der Waals surface area contributed by atoms with Crippen molar-refractivity contribution in [2.45, 2.75) is 51.2 Å². The molecule has 0 spiro atoms. The third-order valence-electron chi connectivity index (χ3n) is 8.36. The van der Waals surface area contributed by atoms with Gasteiger partial charge in [-0.05, 0) is 73.0 Å². The summed E-state index contributed by atoms with van der Waals surface area (Å²) in [5.41, 5.74) is 5.89. The molecule has 6 nitrogen and oxygen atoms in total. The van der Waals surface area contributed by atoms with Gasteiger partial charge >= 0.3 is 0 Å². The predicted molar refractivity (Wildman–Crippen MR) is 151 cm³/mol. The molecule has 2 fully saturated rings. The van der Waals surface area contributed by atoms with Gasteiger partial charge in [-0.1, -0.05) is 42.5 Å². The van der Waals surface area contributed by atoms with Gasteiger partial charge in [-0.25, -0.2) is 0 Å². The third kappa shape index (κ3) is 4.81. The number of amides is 1. The highest BCUT2D eigenvalue weighted by molar-refractivity contribution is 5.88. The average Bonchev–Trinajstić information content (AvgIpc) is 3.72. The van der Waals surface area contributed by atoms with E-state index in [9.17, 15) is 9.59 Å². The van der Waals surface area contributed by atoms with Crippen molar-refractivity contribution >= 4 is 16.8 Å². The highest BCUT2D eigenvalue weighted by Crippen LogP contribution is 2.37. The molecular weight excluding hydrogens is 472 g/mol. The van der Waals surface area contributed by atoms with Gasteiger partial charge < -0.3 is 19.4 Å². The quantitative estimate of drug-likeness (QED) is 0.398. The molecule has 1 aliphatic heterocycles. The Hall–Kier alpha value is -3.64. The van der Waals surface area contributed by atoms with E-state index in [1.54, 1.807) is 17.7 Å². The number of hydrogen-bond donors (Lipinski definition) is 1. The van der Waals surface area contributed by atoms with Crippen LogP contribution in [0.4, 0.5) is 0 Å². The number of hydrogen-bond acceptors (Lipinski definition) is 3. The predicted octanol–water partition coefficient (Wildman–Crippen LogP) is 4.58. The van der Waals surface area contributed by atoms with E-state index in [0.717, 1.165) is 37.9 Å². The van der Waals surface area contributed by atoms with Crippen LogP contribution in [-0.2, 0) is 24.9 Å². The Labute approximate surface area is 223 Å². The molecule has 1 amide bonds. The van der Waals surface area contributed by atoms with Crippen LogP contribution >= 0.6 is 0 Å². The van der Waals surface area contributed by atoms with Gasteiger partial charge in [0, 0.05) is 62.1 Å². The first-order valence-corrected chi connectivity index (χ1v) is 13.8. The lowest BCUT2D eigenvalue weighted by Crippen LogP contribution is -2.47. The fourth-order valence-electron chi connectivity index (χ4n) is 6.14. The summed E-state index contributed by atoms with van der Waals surface area (Å²) in [6, 6.07) is 21.0. The fourth-order valence-corrected chi connectivity index (χ4v) is 6.14. The van der Waals surface area contributed by atoms with Crippen molar-refractivity contribution in [2.24, 2.45) is 13.0 Å². The summed E-state index contributed by atoms with van der Waals surface area (Å²) in [6.45, 7) is 5.09. The third-order valence-corrected chi connectivity index (χ3v) is 8.36. The fraction of sp³-hybridized carbons (Fsp3) is 0.375. The summed E-state index contributed by atoms with van der Waals surface area (Å²) in [6.07, 6.45) is 7.06. The number of aryl methyl sites for hydroxylation is 2. The number of carbonyl (C=O) groups is 1. The monoisotopic (exact) mass is 508 g/mol. The molecule has 4 aromatic rings. The molecule has 1 N–H and O–H groups in total. The van der Waals surface area contributed by atoms with E-state index >= 15 is 0 Å². The number of carbonyl (C=O) groups excluding carboxylic acids is 1. The maximum absolute atomic E-state index is 14.2. The summed E-state index contributed by atoms with van der Waals surface area (Å²) in [5, 5.41) is 4.71. The van der Waals surface area contributed by atoms with Crippen molar-refractivity contribution < 1.29 is 4.79 Å². The van der Waals surface area contributed by atoms with Crippen LogP contribution in [0.2, 0.25) is 0 Å². The Morgan fingerprint density at radius 3 is 2.63 bits per heavy atom. The maximum Gasteiger partial charge on any atom is 0.250 e. The normalized spacial score (nSPS) is 19.5. The minimum absolute atomic E-state index is 0.0204. The van der Waals surface area contributed by atoms with E-state index in [0.29, 0.717) is 19.1 Å². The molecule has 1 aliphatic carbocycles. The molecule has 3 heterocycles.